The molecule has 0 radical (unpaired) electrons. The molecule has 1 saturated heterocycles. The summed E-state index contributed by atoms with van der Waals surface area (Å²) in [7, 11) is 0. The lowest BCUT2D eigenvalue weighted by molar-refractivity contribution is 0.128. The molecule has 0 atom stereocenters. The highest BCUT2D eigenvalue weighted by molar-refractivity contribution is 5.64. The van der Waals surface area contributed by atoms with E-state index in [1.165, 1.54) is 0 Å². The number of hydrogen-bond acceptors (Lipinski definition) is 5. The van der Waals surface area contributed by atoms with E-state index in [0.717, 1.165) is 32.0 Å². The fourth-order valence-electron chi connectivity index (χ4n) is 2.39. The number of nitrogens with zero attached hydrogens (tertiary/aromatic N) is 4. The van der Waals surface area contributed by atoms with Crippen LogP contribution in [0.4, 0.5) is 11.5 Å². The Bertz CT molecular complexity index is 490. The quantitative estimate of drug-likeness (QED) is 0.826. The molecule has 5 nitrogen and oxygen atoms in total. The van der Waals surface area contributed by atoms with Crippen molar-refractivity contribution in [2.24, 2.45) is 0 Å². The van der Waals surface area contributed by atoms with Gasteiger partial charge in [0.2, 0.25) is 0 Å². The maximum atomic E-state index is 8.82. The molecule has 0 aliphatic carbocycles. The Hall–Kier alpha value is -1.80. The lowest BCUT2D eigenvalue weighted by Crippen LogP contribution is -2.53. The molecule has 0 spiro atoms. The number of nitriles is 1. The Balaban J connectivity index is 2.08. The van der Waals surface area contributed by atoms with Gasteiger partial charge in [-0.2, -0.15) is 5.26 Å². The zero-order valence-corrected chi connectivity index (χ0v) is 11.8. The molecule has 19 heavy (non-hydrogen) atoms. The van der Waals surface area contributed by atoms with E-state index in [1.54, 1.807) is 12.3 Å². The normalized spacial score (nSPS) is 17.3. The molecule has 2 N–H and O–H groups in total. The average Bonchev–Trinajstić information content (AvgIpc) is 2.37. The van der Waals surface area contributed by atoms with Crippen molar-refractivity contribution in [2.45, 2.75) is 26.3 Å². The minimum Gasteiger partial charge on any atom is -0.396 e. The van der Waals surface area contributed by atoms with Gasteiger partial charge in [-0.15, -0.1) is 0 Å². The molecule has 0 unspecified atom stereocenters. The molecule has 2 heterocycles. The topological polar surface area (TPSA) is 69.2 Å². The number of pyridine rings is 1. The van der Waals surface area contributed by atoms with E-state index in [2.05, 4.69) is 41.6 Å². The van der Waals surface area contributed by atoms with Crippen molar-refractivity contribution in [3.8, 4) is 6.07 Å². The summed E-state index contributed by atoms with van der Waals surface area (Å²) < 4.78 is 0. The highest BCUT2D eigenvalue weighted by Crippen LogP contribution is 2.24. The first-order valence-electron chi connectivity index (χ1n) is 6.57. The lowest BCUT2D eigenvalue weighted by Gasteiger charge is -2.42. The molecule has 0 amide bonds. The molecule has 1 fully saturated rings. The molecule has 102 valence electrons. The summed E-state index contributed by atoms with van der Waals surface area (Å²) in [6.45, 7) is 10.5. The van der Waals surface area contributed by atoms with E-state index < -0.39 is 0 Å². The zero-order chi connectivity index (χ0) is 14.0. The van der Waals surface area contributed by atoms with Gasteiger partial charge in [-0.1, -0.05) is 0 Å². The van der Waals surface area contributed by atoms with Crippen LogP contribution in [-0.2, 0) is 0 Å². The molecule has 0 aromatic carbocycles. The van der Waals surface area contributed by atoms with Crippen molar-refractivity contribution in [3.63, 3.8) is 0 Å². The van der Waals surface area contributed by atoms with Gasteiger partial charge < -0.3 is 10.6 Å². The zero-order valence-electron chi connectivity index (χ0n) is 11.8. The van der Waals surface area contributed by atoms with E-state index in [0.29, 0.717) is 11.3 Å². The van der Waals surface area contributed by atoms with Crippen LogP contribution in [0.2, 0.25) is 0 Å². The standard InChI is InChI=1S/C14H21N5/c1-14(2,3)19-6-4-18(5-7-19)13-12(16)8-11(9-15)10-17-13/h8,10H,4-7,16H2,1-3H3. The summed E-state index contributed by atoms with van der Waals surface area (Å²) in [6, 6.07) is 3.75. The van der Waals surface area contributed by atoms with Gasteiger partial charge in [0.25, 0.3) is 0 Å². The van der Waals surface area contributed by atoms with E-state index in [9.17, 15) is 0 Å². The minimum atomic E-state index is 0.204. The summed E-state index contributed by atoms with van der Waals surface area (Å²) in [5.41, 5.74) is 7.28. The van der Waals surface area contributed by atoms with Gasteiger partial charge in [-0.25, -0.2) is 4.98 Å². The summed E-state index contributed by atoms with van der Waals surface area (Å²) in [5.74, 6) is 0.799. The third kappa shape index (κ3) is 2.96. The fraction of sp³-hybridized carbons (Fsp3) is 0.571. The predicted molar refractivity (Wildman–Crippen MR) is 76.9 cm³/mol. The van der Waals surface area contributed by atoms with Crippen molar-refractivity contribution in [2.75, 3.05) is 36.8 Å². The SMILES string of the molecule is CC(C)(C)N1CCN(c2ncc(C#N)cc2N)CC1. The van der Waals surface area contributed by atoms with Crippen molar-refractivity contribution < 1.29 is 0 Å². The molecule has 0 saturated carbocycles. The Kier molecular flexibility index (Phi) is 3.63. The molecular weight excluding hydrogens is 238 g/mol. The molecule has 2 rings (SSSR count). The second-order valence-electron chi connectivity index (χ2n) is 5.89. The van der Waals surface area contributed by atoms with Crippen molar-refractivity contribution in [1.82, 2.24) is 9.88 Å². The molecule has 1 aromatic rings. The summed E-state index contributed by atoms with van der Waals surface area (Å²) in [5, 5.41) is 8.82. The number of piperazine rings is 1. The van der Waals surface area contributed by atoms with Crippen LogP contribution in [0.5, 0.6) is 0 Å². The van der Waals surface area contributed by atoms with E-state index in [4.69, 9.17) is 11.0 Å². The third-order valence-corrected chi connectivity index (χ3v) is 3.55. The van der Waals surface area contributed by atoms with Gasteiger partial charge in [0.15, 0.2) is 5.82 Å². The van der Waals surface area contributed by atoms with Crippen LogP contribution in [0.15, 0.2) is 12.3 Å². The number of nitrogens with two attached hydrogens (primary N) is 1. The van der Waals surface area contributed by atoms with Crippen LogP contribution in [0.3, 0.4) is 0 Å². The van der Waals surface area contributed by atoms with Gasteiger partial charge in [0.05, 0.1) is 11.3 Å². The Morgan fingerprint density at radius 3 is 2.37 bits per heavy atom. The first-order valence-corrected chi connectivity index (χ1v) is 6.57. The Labute approximate surface area is 114 Å². The predicted octanol–water partition coefficient (Wildman–Crippen LogP) is 1.46. The van der Waals surface area contributed by atoms with Gasteiger partial charge >= 0.3 is 0 Å². The summed E-state index contributed by atoms with van der Waals surface area (Å²) >= 11 is 0. The number of hydrogen-bond donors (Lipinski definition) is 1. The highest BCUT2D eigenvalue weighted by Gasteiger charge is 2.26. The Morgan fingerprint density at radius 1 is 1.26 bits per heavy atom. The number of nitrogen functional groups attached to an aromatic ring is 1. The van der Waals surface area contributed by atoms with E-state index in [-0.39, 0.29) is 5.54 Å². The van der Waals surface area contributed by atoms with Gasteiger partial charge in [0, 0.05) is 37.9 Å². The van der Waals surface area contributed by atoms with E-state index in [1.807, 2.05) is 0 Å². The number of rotatable bonds is 1. The average molecular weight is 259 g/mol. The summed E-state index contributed by atoms with van der Waals surface area (Å²) in [4.78, 5) is 8.97. The molecule has 1 aliphatic rings. The van der Waals surface area contributed by atoms with Crippen molar-refractivity contribution in [1.29, 1.82) is 5.26 Å². The molecule has 0 bridgehead atoms. The monoisotopic (exact) mass is 259 g/mol. The van der Waals surface area contributed by atoms with Crippen LogP contribution in [0, 0.1) is 11.3 Å². The second-order valence-corrected chi connectivity index (χ2v) is 5.89. The molecule has 1 aromatic heterocycles. The first-order chi connectivity index (χ1) is 8.91. The van der Waals surface area contributed by atoms with Gasteiger partial charge in [-0.05, 0) is 26.8 Å². The maximum absolute atomic E-state index is 8.82. The van der Waals surface area contributed by atoms with Gasteiger partial charge in [0.1, 0.15) is 6.07 Å². The van der Waals surface area contributed by atoms with Crippen LogP contribution in [0.25, 0.3) is 0 Å². The smallest absolute Gasteiger partial charge is 0.151 e. The highest BCUT2D eigenvalue weighted by atomic mass is 15.3. The molecule has 1 aliphatic heterocycles. The van der Waals surface area contributed by atoms with Crippen LogP contribution < -0.4 is 10.6 Å². The van der Waals surface area contributed by atoms with Crippen LogP contribution in [0.1, 0.15) is 26.3 Å². The third-order valence-electron chi connectivity index (χ3n) is 3.55. The minimum absolute atomic E-state index is 0.204. The van der Waals surface area contributed by atoms with Crippen LogP contribution >= 0.6 is 0 Å². The number of aromatic nitrogens is 1. The van der Waals surface area contributed by atoms with Gasteiger partial charge in [-0.3, -0.25) is 4.90 Å². The second kappa shape index (κ2) is 5.06. The number of anilines is 2. The fourth-order valence-corrected chi connectivity index (χ4v) is 2.39. The lowest BCUT2D eigenvalue weighted by atomic mass is 10.0. The Morgan fingerprint density at radius 2 is 1.89 bits per heavy atom. The summed E-state index contributed by atoms with van der Waals surface area (Å²) in [6.07, 6.45) is 1.59. The molecule has 5 heteroatoms. The maximum Gasteiger partial charge on any atom is 0.151 e. The van der Waals surface area contributed by atoms with Crippen LogP contribution in [-0.4, -0.2) is 41.6 Å². The largest absolute Gasteiger partial charge is 0.396 e. The first kappa shape index (κ1) is 13.6. The van der Waals surface area contributed by atoms with Crippen molar-refractivity contribution >= 4 is 11.5 Å². The molecular formula is C14H21N5. The van der Waals surface area contributed by atoms with E-state index >= 15 is 0 Å². The van der Waals surface area contributed by atoms with Crippen molar-refractivity contribution in [3.05, 3.63) is 17.8 Å².